The molecule has 0 spiro atoms. The van der Waals surface area contributed by atoms with Crippen molar-refractivity contribution in [1.82, 2.24) is 0 Å². The van der Waals surface area contributed by atoms with Crippen LogP contribution in [0.2, 0.25) is 5.02 Å². The fourth-order valence-corrected chi connectivity index (χ4v) is 4.62. The molecule has 3 aromatic rings. The SMILES string of the molecule is Cc1c(Cl)cccc1N1C(=O)C(=O)/C(=C(/O)c2ccc(Br)cc2)C1c1ccc(C(C)(C)C)cc1. The molecule has 0 bridgehead atoms. The number of carbonyl (C=O) groups excluding carboxylic acids is 2. The number of aliphatic hydroxyl groups is 1. The zero-order chi connectivity index (χ0) is 24.8. The van der Waals surface area contributed by atoms with Crippen molar-refractivity contribution in [3.8, 4) is 0 Å². The number of hydrogen-bond donors (Lipinski definition) is 1. The van der Waals surface area contributed by atoms with Gasteiger partial charge in [-0.3, -0.25) is 14.5 Å². The van der Waals surface area contributed by atoms with Crippen LogP contribution in [0.1, 0.15) is 49.1 Å². The van der Waals surface area contributed by atoms with Gasteiger partial charge in [0, 0.05) is 20.7 Å². The highest BCUT2D eigenvalue weighted by Gasteiger charge is 2.47. The normalized spacial score (nSPS) is 17.9. The summed E-state index contributed by atoms with van der Waals surface area (Å²) in [5.41, 5.74) is 3.53. The average molecular weight is 539 g/mol. The first-order valence-electron chi connectivity index (χ1n) is 10.9. The second kappa shape index (κ2) is 9.05. The summed E-state index contributed by atoms with van der Waals surface area (Å²) in [7, 11) is 0. The number of nitrogens with zero attached hydrogens (tertiary/aromatic N) is 1. The highest BCUT2D eigenvalue weighted by atomic mass is 79.9. The number of aliphatic hydroxyl groups excluding tert-OH is 1. The molecule has 0 saturated carbocycles. The Bertz CT molecular complexity index is 1300. The standard InChI is InChI=1S/C28H25BrClNO3/c1-16-21(30)6-5-7-22(16)31-24(17-8-12-19(13-9-17)28(2,3)4)23(26(33)27(31)34)25(32)18-10-14-20(29)15-11-18/h5-15,24,32H,1-4H3/b25-23+. The molecule has 1 aliphatic rings. The van der Waals surface area contributed by atoms with Gasteiger partial charge in [-0.2, -0.15) is 0 Å². The molecular formula is C28H25BrClNO3. The van der Waals surface area contributed by atoms with Gasteiger partial charge in [-0.05, 0) is 53.3 Å². The number of anilines is 1. The van der Waals surface area contributed by atoms with Crippen LogP contribution in [0, 0.1) is 6.92 Å². The number of hydrogen-bond acceptors (Lipinski definition) is 3. The van der Waals surface area contributed by atoms with Crippen LogP contribution in [0.15, 0.2) is 76.8 Å². The summed E-state index contributed by atoms with van der Waals surface area (Å²) in [5.74, 6) is -1.64. The molecule has 1 aliphatic heterocycles. The molecule has 1 atom stereocenters. The topological polar surface area (TPSA) is 57.6 Å². The van der Waals surface area contributed by atoms with Crippen LogP contribution in [-0.4, -0.2) is 16.8 Å². The number of halogens is 2. The largest absolute Gasteiger partial charge is 0.507 e. The second-order valence-electron chi connectivity index (χ2n) is 9.43. The number of ketones is 1. The zero-order valence-corrected chi connectivity index (χ0v) is 21.7. The third-order valence-electron chi connectivity index (χ3n) is 6.15. The maximum Gasteiger partial charge on any atom is 0.300 e. The van der Waals surface area contributed by atoms with Crippen LogP contribution in [-0.2, 0) is 15.0 Å². The van der Waals surface area contributed by atoms with Gasteiger partial charge >= 0.3 is 0 Å². The van der Waals surface area contributed by atoms with Gasteiger partial charge in [0.05, 0.1) is 11.6 Å². The smallest absolute Gasteiger partial charge is 0.300 e. The number of carbonyl (C=O) groups is 2. The van der Waals surface area contributed by atoms with E-state index in [1.807, 2.05) is 31.2 Å². The average Bonchev–Trinajstić information content (AvgIpc) is 3.06. The lowest BCUT2D eigenvalue weighted by Gasteiger charge is -2.28. The molecule has 1 N–H and O–H groups in total. The van der Waals surface area contributed by atoms with Gasteiger partial charge in [0.15, 0.2) is 0 Å². The highest BCUT2D eigenvalue weighted by molar-refractivity contribution is 9.10. The first kappa shape index (κ1) is 24.2. The monoisotopic (exact) mass is 537 g/mol. The van der Waals surface area contributed by atoms with Crippen LogP contribution in [0.4, 0.5) is 5.69 Å². The van der Waals surface area contributed by atoms with Gasteiger partial charge in [0.1, 0.15) is 5.76 Å². The highest BCUT2D eigenvalue weighted by Crippen LogP contribution is 2.44. The van der Waals surface area contributed by atoms with E-state index >= 15 is 0 Å². The van der Waals surface area contributed by atoms with Crippen LogP contribution in [0.3, 0.4) is 0 Å². The maximum atomic E-state index is 13.4. The first-order chi connectivity index (χ1) is 16.0. The first-order valence-corrected chi connectivity index (χ1v) is 12.1. The molecule has 3 aromatic carbocycles. The molecule has 6 heteroatoms. The van der Waals surface area contributed by atoms with E-state index in [4.69, 9.17) is 11.6 Å². The molecule has 1 unspecified atom stereocenters. The molecule has 0 radical (unpaired) electrons. The van der Waals surface area contributed by atoms with Crippen molar-refractivity contribution >= 4 is 50.7 Å². The van der Waals surface area contributed by atoms with Crippen molar-refractivity contribution in [2.45, 2.75) is 39.2 Å². The maximum absolute atomic E-state index is 13.4. The molecular weight excluding hydrogens is 514 g/mol. The Labute approximate surface area is 213 Å². The quantitative estimate of drug-likeness (QED) is 0.216. The minimum atomic E-state index is -0.796. The van der Waals surface area contributed by atoms with Gasteiger partial charge in [0.25, 0.3) is 11.7 Å². The van der Waals surface area contributed by atoms with Crippen molar-refractivity contribution in [3.63, 3.8) is 0 Å². The summed E-state index contributed by atoms with van der Waals surface area (Å²) in [4.78, 5) is 28.1. The Balaban J connectivity index is 1.96. The number of benzene rings is 3. The third kappa shape index (κ3) is 4.30. The summed E-state index contributed by atoms with van der Waals surface area (Å²) in [5, 5.41) is 11.7. The van der Waals surface area contributed by atoms with Crippen LogP contribution >= 0.6 is 27.5 Å². The van der Waals surface area contributed by atoms with E-state index in [9.17, 15) is 14.7 Å². The van der Waals surface area contributed by atoms with Gasteiger partial charge in [-0.1, -0.05) is 90.8 Å². The van der Waals surface area contributed by atoms with Gasteiger partial charge in [0.2, 0.25) is 0 Å². The predicted molar refractivity (Wildman–Crippen MR) is 140 cm³/mol. The molecule has 0 aliphatic carbocycles. The Morgan fingerprint density at radius 1 is 0.971 bits per heavy atom. The third-order valence-corrected chi connectivity index (χ3v) is 7.09. The van der Waals surface area contributed by atoms with Gasteiger partial charge in [-0.15, -0.1) is 0 Å². The summed E-state index contributed by atoms with van der Waals surface area (Å²) in [6.45, 7) is 8.18. The molecule has 1 fully saturated rings. The molecule has 34 heavy (non-hydrogen) atoms. The van der Waals surface area contributed by atoms with E-state index in [-0.39, 0.29) is 16.7 Å². The van der Waals surface area contributed by atoms with Crippen LogP contribution in [0.5, 0.6) is 0 Å². The zero-order valence-electron chi connectivity index (χ0n) is 19.4. The molecule has 4 rings (SSSR count). The van der Waals surface area contributed by atoms with E-state index in [1.54, 1.807) is 42.5 Å². The van der Waals surface area contributed by atoms with Crippen molar-refractivity contribution in [1.29, 1.82) is 0 Å². The van der Waals surface area contributed by atoms with Crippen molar-refractivity contribution in [3.05, 3.63) is 104 Å². The Kier molecular flexibility index (Phi) is 6.45. The summed E-state index contributed by atoms with van der Waals surface area (Å²) >= 11 is 9.75. The molecule has 1 heterocycles. The minimum Gasteiger partial charge on any atom is -0.507 e. The van der Waals surface area contributed by atoms with E-state index in [2.05, 4.69) is 36.7 Å². The van der Waals surface area contributed by atoms with E-state index in [0.717, 1.165) is 15.6 Å². The summed E-state index contributed by atoms with van der Waals surface area (Å²) in [6, 6.07) is 19.3. The van der Waals surface area contributed by atoms with E-state index < -0.39 is 17.7 Å². The molecule has 1 amide bonds. The second-order valence-corrected chi connectivity index (χ2v) is 10.8. The number of Topliss-reactive ketones (excluding diaryl/α,β-unsaturated/α-hetero) is 1. The predicted octanol–water partition coefficient (Wildman–Crippen LogP) is 7.33. The van der Waals surface area contributed by atoms with Crippen LogP contribution < -0.4 is 4.90 Å². The Morgan fingerprint density at radius 2 is 1.59 bits per heavy atom. The number of rotatable bonds is 3. The Hall–Kier alpha value is -2.89. The molecule has 1 saturated heterocycles. The molecule has 4 nitrogen and oxygen atoms in total. The van der Waals surface area contributed by atoms with E-state index in [1.165, 1.54) is 4.90 Å². The summed E-state index contributed by atoms with van der Waals surface area (Å²) < 4.78 is 0.841. The van der Waals surface area contributed by atoms with Crippen molar-refractivity contribution < 1.29 is 14.7 Å². The molecule has 174 valence electrons. The molecule has 0 aromatic heterocycles. The lowest BCUT2D eigenvalue weighted by molar-refractivity contribution is -0.132. The fourth-order valence-electron chi connectivity index (χ4n) is 4.18. The Morgan fingerprint density at radius 3 is 2.18 bits per heavy atom. The van der Waals surface area contributed by atoms with Gasteiger partial charge in [-0.25, -0.2) is 0 Å². The fraction of sp³-hybridized carbons (Fsp3) is 0.214. The number of amides is 1. The van der Waals surface area contributed by atoms with E-state index in [0.29, 0.717) is 21.8 Å². The van der Waals surface area contributed by atoms with Crippen LogP contribution in [0.25, 0.3) is 5.76 Å². The van der Waals surface area contributed by atoms with Gasteiger partial charge < -0.3 is 5.11 Å². The summed E-state index contributed by atoms with van der Waals surface area (Å²) in [6.07, 6.45) is 0. The van der Waals surface area contributed by atoms with Crippen molar-refractivity contribution in [2.24, 2.45) is 0 Å². The van der Waals surface area contributed by atoms with Crippen molar-refractivity contribution in [2.75, 3.05) is 4.90 Å². The lowest BCUT2D eigenvalue weighted by Crippen LogP contribution is -2.30. The lowest BCUT2D eigenvalue weighted by atomic mass is 9.85. The minimum absolute atomic E-state index is 0.0511.